The van der Waals surface area contributed by atoms with E-state index in [4.69, 9.17) is 4.42 Å². The predicted octanol–water partition coefficient (Wildman–Crippen LogP) is 3.38. The molecule has 2 aromatic rings. The number of thiophene rings is 1. The Morgan fingerprint density at radius 2 is 2.29 bits per heavy atom. The van der Waals surface area contributed by atoms with Crippen LogP contribution < -0.4 is 0 Å². The second-order valence-electron chi connectivity index (χ2n) is 2.94. The third kappa shape index (κ3) is 2.26. The lowest BCUT2D eigenvalue weighted by atomic mass is 10.2. The van der Waals surface area contributed by atoms with E-state index < -0.39 is 6.10 Å². The number of rotatable bonds is 3. The van der Waals surface area contributed by atoms with E-state index in [1.165, 1.54) is 0 Å². The normalized spacial score (nSPS) is 13.0. The van der Waals surface area contributed by atoms with Gasteiger partial charge < -0.3 is 9.52 Å². The minimum Gasteiger partial charge on any atom is -0.469 e. The van der Waals surface area contributed by atoms with Gasteiger partial charge in [0.05, 0.1) is 16.2 Å². The summed E-state index contributed by atoms with van der Waals surface area (Å²) in [5, 5.41) is 9.84. The topological polar surface area (TPSA) is 33.4 Å². The smallest absolute Gasteiger partial charge is 0.106 e. The van der Waals surface area contributed by atoms with Crippen molar-refractivity contribution in [3.05, 3.63) is 45.0 Å². The van der Waals surface area contributed by atoms with Crippen LogP contribution in [0.2, 0.25) is 0 Å². The Labute approximate surface area is 94.3 Å². The van der Waals surface area contributed by atoms with Crippen LogP contribution in [0.25, 0.3) is 0 Å². The molecule has 2 nitrogen and oxygen atoms in total. The van der Waals surface area contributed by atoms with Gasteiger partial charge in [0.2, 0.25) is 0 Å². The number of hydrogen-bond acceptors (Lipinski definition) is 3. The van der Waals surface area contributed by atoms with Gasteiger partial charge >= 0.3 is 0 Å². The van der Waals surface area contributed by atoms with Crippen molar-refractivity contribution in [3.63, 3.8) is 0 Å². The summed E-state index contributed by atoms with van der Waals surface area (Å²) in [7, 11) is 0. The number of aliphatic hydroxyl groups is 1. The van der Waals surface area contributed by atoms with E-state index in [9.17, 15) is 5.11 Å². The van der Waals surface area contributed by atoms with E-state index in [1.807, 2.05) is 24.3 Å². The molecule has 0 aliphatic rings. The number of aliphatic hydroxyl groups excluding tert-OH is 1. The highest BCUT2D eigenvalue weighted by molar-refractivity contribution is 9.11. The van der Waals surface area contributed by atoms with Crippen molar-refractivity contribution in [2.75, 3.05) is 0 Å². The standard InChI is InChI=1S/C10H9BrO2S/c11-10-4-3-9(14-10)8(12)6-7-2-1-5-13-7/h1-5,8,12H,6H2. The Morgan fingerprint density at radius 1 is 1.43 bits per heavy atom. The van der Waals surface area contributed by atoms with Gasteiger partial charge in [0.1, 0.15) is 5.76 Å². The molecular formula is C10H9BrO2S. The van der Waals surface area contributed by atoms with Gasteiger partial charge in [0.25, 0.3) is 0 Å². The third-order valence-corrected chi connectivity index (χ3v) is 3.62. The largest absolute Gasteiger partial charge is 0.469 e. The first-order valence-corrected chi connectivity index (χ1v) is 5.82. The molecule has 2 aromatic heterocycles. The molecule has 0 aliphatic heterocycles. The van der Waals surface area contributed by atoms with Crippen LogP contribution in [0.1, 0.15) is 16.7 Å². The zero-order valence-corrected chi connectivity index (χ0v) is 9.72. The molecular weight excluding hydrogens is 264 g/mol. The summed E-state index contributed by atoms with van der Waals surface area (Å²) < 4.78 is 6.20. The molecule has 74 valence electrons. The second kappa shape index (κ2) is 4.29. The molecule has 2 rings (SSSR count). The molecule has 4 heteroatoms. The van der Waals surface area contributed by atoms with Crippen molar-refractivity contribution in [2.45, 2.75) is 12.5 Å². The quantitative estimate of drug-likeness (QED) is 0.930. The van der Waals surface area contributed by atoms with Gasteiger partial charge in [-0.1, -0.05) is 0 Å². The zero-order valence-electron chi connectivity index (χ0n) is 7.31. The van der Waals surface area contributed by atoms with Crippen molar-refractivity contribution in [3.8, 4) is 0 Å². The predicted molar refractivity (Wildman–Crippen MR) is 59.4 cm³/mol. The minimum absolute atomic E-state index is 0.475. The van der Waals surface area contributed by atoms with Crippen LogP contribution in [0.5, 0.6) is 0 Å². The molecule has 0 fully saturated rings. The average Bonchev–Trinajstić information content (AvgIpc) is 2.75. The minimum atomic E-state index is -0.475. The van der Waals surface area contributed by atoms with E-state index in [0.29, 0.717) is 6.42 Å². The van der Waals surface area contributed by atoms with Crippen LogP contribution in [0.15, 0.2) is 38.7 Å². The van der Waals surface area contributed by atoms with Crippen molar-refractivity contribution < 1.29 is 9.52 Å². The molecule has 2 heterocycles. The van der Waals surface area contributed by atoms with E-state index in [-0.39, 0.29) is 0 Å². The fourth-order valence-corrected chi connectivity index (χ4v) is 2.64. The van der Waals surface area contributed by atoms with Gasteiger partial charge in [-0.25, -0.2) is 0 Å². The summed E-state index contributed by atoms with van der Waals surface area (Å²) in [5.74, 6) is 0.807. The second-order valence-corrected chi connectivity index (χ2v) is 5.44. The van der Waals surface area contributed by atoms with Crippen LogP contribution in [0.3, 0.4) is 0 Å². The van der Waals surface area contributed by atoms with Gasteiger partial charge in [-0.2, -0.15) is 0 Å². The Bertz CT molecular complexity index is 394. The summed E-state index contributed by atoms with van der Waals surface area (Å²) >= 11 is 4.91. The Balaban J connectivity index is 2.06. The lowest BCUT2D eigenvalue weighted by Crippen LogP contribution is -1.97. The lowest BCUT2D eigenvalue weighted by molar-refractivity contribution is 0.174. The molecule has 1 N–H and O–H groups in total. The van der Waals surface area contributed by atoms with Crippen LogP contribution in [-0.2, 0) is 6.42 Å². The zero-order chi connectivity index (χ0) is 9.97. The fourth-order valence-electron chi connectivity index (χ4n) is 1.23. The highest BCUT2D eigenvalue weighted by Gasteiger charge is 2.12. The summed E-state index contributed by atoms with van der Waals surface area (Å²) in [4.78, 5) is 0.952. The molecule has 0 aliphatic carbocycles. The number of hydrogen-bond donors (Lipinski definition) is 1. The Hall–Kier alpha value is -0.580. The van der Waals surface area contributed by atoms with Crippen molar-refractivity contribution in [2.24, 2.45) is 0 Å². The van der Waals surface area contributed by atoms with Crippen LogP contribution in [0, 0.1) is 0 Å². The molecule has 0 saturated carbocycles. The average molecular weight is 273 g/mol. The van der Waals surface area contributed by atoms with E-state index in [2.05, 4.69) is 15.9 Å². The first-order valence-electron chi connectivity index (χ1n) is 4.21. The maximum absolute atomic E-state index is 9.84. The molecule has 0 saturated heterocycles. The maximum Gasteiger partial charge on any atom is 0.106 e. The summed E-state index contributed by atoms with van der Waals surface area (Å²) in [6.07, 6.45) is 1.67. The molecule has 1 atom stereocenters. The molecule has 0 bridgehead atoms. The molecule has 0 aromatic carbocycles. The highest BCUT2D eigenvalue weighted by Crippen LogP contribution is 2.29. The SMILES string of the molecule is OC(Cc1ccco1)c1ccc(Br)s1. The van der Waals surface area contributed by atoms with E-state index >= 15 is 0 Å². The van der Waals surface area contributed by atoms with Crippen LogP contribution >= 0.6 is 27.3 Å². The Kier molecular flexibility index (Phi) is 3.05. The first-order chi connectivity index (χ1) is 6.75. The molecule has 14 heavy (non-hydrogen) atoms. The van der Waals surface area contributed by atoms with E-state index in [0.717, 1.165) is 14.4 Å². The van der Waals surface area contributed by atoms with Crippen molar-refractivity contribution >= 4 is 27.3 Å². The van der Waals surface area contributed by atoms with Gasteiger partial charge in [0, 0.05) is 11.3 Å². The Morgan fingerprint density at radius 3 is 2.86 bits per heavy atom. The van der Waals surface area contributed by atoms with Crippen molar-refractivity contribution in [1.82, 2.24) is 0 Å². The third-order valence-electron chi connectivity index (χ3n) is 1.90. The summed E-state index contributed by atoms with van der Waals surface area (Å²) in [5.41, 5.74) is 0. The highest BCUT2D eigenvalue weighted by atomic mass is 79.9. The lowest BCUT2D eigenvalue weighted by Gasteiger charge is -2.05. The summed E-state index contributed by atoms with van der Waals surface area (Å²) in [6.45, 7) is 0. The van der Waals surface area contributed by atoms with Gasteiger partial charge in [0.15, 0.2) is 0 Å². The fraction of sp³-hybridized carbons (Fsp3) is 0.200. The summed E-state index contributed by atoms with van der Waals surface area (Å²) in [6, 6.07) is 7.55. The van der Waals surface area contributed by atoms with Gasteiger partial charge in [-0.3, -0.25) is 0 Å². The van der Waals surface area contributed by atoms with Crippen LogP contribution in [0.4, 0.5) is 0 Å². The maximum atomic E-state index is 9.84. The monoisotopic (exact) mass is 272 g/mol. The first kappa shape index (κ1) is 9.96. The number of halogens is 1. The molecule has 0 amide bonds. The van der Waals surface area contributed by atoms with Crippen molar-refractivity contribution in [1.29, 1.82) is 0 Å². The van der Waals surface area contributed by atoms with Crippen LogP contribution in [-0.4, -0.2) is 5.11 Å². The van der Waals surface area contributed by atoms with E-state index in [1.54, 1.807) is 17.6 Å². The molecule has 1 unspecified atom stereocenters. The number of furan rings is 1. The molecule has 0 spiro atoms. The molecule has 0 radical (unpaired) electrons. The van der Waals surface area contributed by atoms with Gasteiger partial charge in [-0.15, -0.1) is 11.3 Å². The van der Waals surface area contributed by atoms with Gasteiger partial charge in [-0.05, 0) is 40.2 Å².